The smallest absolute Gasteiger partial charge is 0.248 e. The molecule has 1 aliphatic heterocycles. The monoisotopic (exact) mass is 410 g/mol. The van der Waals surface area contributed by atoms with Gasteiger partial charge in [-0.15, -0.1) is 0 Å². The zero-order valence-electron chi connectivity index (χ0n) is 16.2. The van der Waals surface area contributed by atoms with Crippen molar-refractivity contribution in [2.24, 2.45) is 0 Å². The number of rotatable bonds is 4. The normalized spacial score (nSPS) is 15.3. The number of imidazole rings is 1. The van der Waals surface area contributed by atoms with E-state index in [9.17, 15) is 13.6 Å². The molecule has 8 heteroatoms. The quantitative estimate of drug-likeness (QED) is 0.562. The lowest BCUT2D eigenvalue weighted by Crippen LogP contribution is -2.36. The number of aromatic amines is 1. The summed E-state index contributed by atoms with van der Waals surface area (Å²) in [5.41, 5.74) is 1.81. The Morgan fingerprint density at radius 1 is 1.07 bits per heavy atom. The second-order valence-corrected chi connectivity index (χ2v) is 7.43. The largest absolute Gasteiger partial charge is 0.379 e. The Kier molecular flexibility index (Phi) is 4.80. The summed E-state index contributed by atoms with van der Waals surface area (Å²) in [6.45, 7) is 3.98. The second-order valence-electron chi connectivity index (χ2n) is 7.43. The van der Waals surface area contributed by atoms with E-state index in [4.69, 9.17) is 9.72 Å². The fourth-order valence-electron chi connectivity index (χ4n) is 4.02. The average Bonchev–Trinajstić information content (AvgIpc) is 3.09. The molecule has 0 amide bonds. The Morgan fingerprint density at radius 2 is 1.87 bits per heavy atom. The summed E-state index contributed by atoms with van der Waals surface area (Å²) in [6, 6.07) is 11.8. The Balaban J connectivity index is 1.62. The summed E-state index contributed by atoms with van der Waals surface area (Å²) in [7, 11) is 0. The number of pyridine rings is 1. The zero-order chi connectivity index (χ0) is 20.7. The Bertz CT molecular complexity index is 1290. The van der Waals surface area contributed by atoms with Crippen LogP contribution in [0.2, 0.25) is 0 Å². The van der Waals surface area contributed by atoms with Crippen molar-refractivity contribution in [3.8, 4) is 0 Å². The number of aromatic nitrogens is 3. The highest BCUT2D eigenvalue weighted by Crippen LogP contribution is 2.24. The number of para-hydroxylation sites is 2. The van der Waals surface area contributed by atoms with Crippen LogP contribution in [0.15, 0.2) is 47.3 Å². The number of ether oxygens (including phenoxy) is 1. The number of hydrogen-bond donors (Lipinski definition) is 1. The molecule has 0 aliphatic carbocycles. The van der Waals surface area contributed by atoms with Crippen LogP contribution in [0.3, 0.4) is 0 Å². The van der Waals surface area contributed by atoms with Crippen molar-refractivity contribution in [2.45, 2.75) is 13.1 Å². The maximum absolute atomic E-state index is 14.3. The molecule has 1 saturated heterocycles. The van der Waals surface area contributed by atoms with E-state index >= 15 is 0 Å². The molecule has 5 rings (SSSR count). The molecule has 2 aromatic heterocycles. The number of nitrogens with zero attached hydrogens (tertiary/aromatic N) is 3. The van der Waals surface area contributed by atoms with E-state index in [1.54, 1.807) is 0 Å². The lowest BCUT2D eigenvalue weighted by atomic mass is 10.1. The molecular weight excluding hydrogens is 390 g/mol. The molecule has 3 heterocycles. The van der Waals surface area contributed by atoms with Gasteiger partial charge < -0.3 is 14.3 Å². The molecule has 1 aliphatic rings. The maximum Gasteiger partial charge on any atom is 0.248 e. The van der Waals surface area contributed by atoms with Gasteiger partial charge in [0.15, 0.2) is 11.6 Å². The number of nitrogens with one attached hydrogen (secondary N) is 1. The first-order chi connectivity index (χ1) is 14.6. The summed E-state index contributed by atoms with van der Waals surface area (Å²) >= 11 is 0. The zero-order valence-corrected chi connectivity index (χ0v) is 16.2. The lowest BCUT2D eigenvalue weighted by Gasteiger charge is -2.26. The van der Waals surface area contributed by atoms with E-state index in [0.29, 0.717) is 37.3 Å². The molecule has 0 unspecified atom stereocenters. The Hall–Kier alpha value is -3.10. The van der Waals surface area contributed by atoms with E-state index in [2.05, 4.69) is 9.88 Å². The van der Waals surface area contributed by atoms with Gasteiger partial charge >= 0.3 is 0 Å². The molecule has 1 fully saturated rings. The summed E-state index contributed by atoms with van der Waals surface area (Å²) in [6.07, 6.45) is 0. The van der Waals surface area contributed by atoms with Crippen molar-refractivity contribution in [3.05, 3.63) is 75.8 Å². The summed E-state index contributed by atoms with van der Waals surface area (Å²) in [5, 5.41) is 0.476. The van der Waals surface area contributed by atoms with Crippen molar-refractivity contribution in [3.63, 3.8) is 0 Å². The molecule has 154 valence electrons. The summed E-state index contributed by atoms with van der Waals surface area (Å²) in [4.78, 5) is 21.7. The second kappa shape index (κ2) is 7.62. The number of halogens is 2. The van der Waals surface area contributed by atoms with Crippen molar-refractivity contribution < 1.29 is 13.5 Å². The van der Waals surface area contributed by atoms with Crippen LogP contribution < -0.4 is 5.56 Å². The molecular formula is C22H20F2N4O2. The van der Waals surface area contributed by atoms with Crippen molar-refractivity contribution >= 4 is 21.9 Å². The van der Waals surface area contributed by atoms with Crippen LogP contribution in [0.1, 0.15) is 11.4 Å². The van der Waals surface area contributed by atoms with Crippen LogP contribution in [0.4, 0.5) is 8.78 Å². The minimum atomic E-state index is -1.05. The van der Waals surface area contributed by atoms with Gasteiger partial charge in [0.2, 0.25) is 5.56 Å². The Morgan fingerprint density at radius 3 is 2.70 bits per heavy atom. The highest BCUT2D eigenvalue weighted by molar-refractivity contribution is 5.83. The number of fused-ring (bicyclic) bond motifs is 2. The van der Waals surface area contributed by atoms with E-state index in [1.807, 2.05) is 28.8 Å². The highest BCUT2D eigenvalue weighted by Gasteiger charge is 2.18. The van der Waals surface area contributed by atoms with Crippen LogP contribution in [0.5, 0.6) is 0 Å². The van der Waals surface area contributed by atoms with Gasteiger partial charge in [0.1, 0.15) is 5.82 Å². The molecule has 6 nitrogen and oxygen atoms in total. The van der Waals surface area contributed by atoms with E-state index in [-0.39, 0.29) is 5.52 Å². The molecule has 1 N–H and O–H groups in total. The SMILES string of the molecule is O=c1cc(Cn2c(CN3CCOCC3)nc3ccccc32)c2ccc(F)c(F)c2[nH]1. The third kappa shape index (κ3) is 3.38. The number of benzene rings is 2. The van der Waals surface area contributed by atoms with Gasteiger partial charge in [-0.1, -0.05) is 12.1 Å². The highest BCUT2D eigenvalue weighted by atomic mass is 19.2. The van der Waals surface area contributed by atoms with Gasteiger partial charge in [-0.2, -0.15) is 0 Å². The maximum atomic E-state index is 14.3. The minimum Gasteiger partial charge on any atom is -0.379 e. The molecule has 2 aromatic carbocycles. The average molecular weight is 410 g/mol. The van der Waals surface area contributed by atoms with Crippen LogP contribution in [-0.2, 0) is 17.8 Å². The van der Waals surface area contributed by atoms with Crippen LogP contribution in [0.25, 0.3) is 21.9 Å². The number of hydrogen-bond acceptors (Lipinski definition) is 4. The summed E-state index contributed by atoms with van der Waals surface area (Å²) < 4.78 is 35.5. The van der Waals surface area contributed by atoms with E-state index in [1.165, 1.54) is 12.1 Å². The molecule has 30 heavy (non-hydrogen) atoms. The van der Waals surface area contributed by atoms with Crippen molar-refractivity contribution in [1.82, 2.24) is 19.4 Å². The van der Waals surface area contributed by atoms with Crippen LogP contribution in [0, 0.1) is 11.6 Å². The van der Waals surface area contributed by atoms with Gasteiger partial charge in [-0.25, -0.2) is 13.8 Å². The molecule has 0 bridgehead atoms. The predicted molar refractivity (Wildman–Crippen MR) is 109 cm³/mol. The molecule has 0 radical (unpaired) electrons. The van der Waals surface area contributed by atoms with Gasteiger partial charge in [0.25, 0.3) is 0 Å². The fourth-order valence-corrected chi connectivity index (χ4v) is 4.02. The summed E-state index contributed by atoms with van der Waals surface area (Å²) in [5.74, 6) is -1.18. The predicted octanol–water partition coefficient (Wildman–Crippen LogP) is 3.04. The van der Waals surface area contributed by atoms with Gasteiger partial charge in [-0.05, 0) is 29.8 Å². The molecule has 0 saturated carbocycles. The first-order valence-corrected chi connectivity index (χ1v) is 9.84. The van der Waals surface area contributed by atoms with E-state index < -0.39 is 17.2 Å². The number of morpholine rings is 1. The van der Waals surface area contributed by atoms with Gasteiger partial charge in [-0.3, -0.25) is 9.69 Å². The molecule has 0 atom stereocenters. The van der Waals surface area contributed by atoms with Crippen molar-refractivity contribution in [1.29, 1.82) is 0 Å². The number of H-pyrrole nitrogens is 1. The standard InChI is InChI=1S/C22H20F2N4O2/c23-16-6-5-15-14(11-20(29)26-22(15)21(16)24)12-28-18-4-2-1-3-17(18)25-19(28)13-27-7-9-30-10-8-27/h1-6,11H,7-10,12-13H2,(H,26,29). The third-order valence-corrected chi connectivity index (χ3v) is 5.53. The van der Waals surface area contributed by atoms with Crippen LogP contribution in [-0.4, -0.2) is 45.7 Å². The first-order valence-electron chi connectivity index (χ1n) is 9.84. The topological polar surface area (TPSA) is 63.1 Å². The minimum absolute atomic E-state index is 0.114. The van der Waals surface area contributed by atoms with Gasteiger partial charge in [0.05, 0.1) is 42.9 Å². The fraction of sp³-hybridized carbons (Fsp3) is 0.273. The van der Waals surface area contributed by atoms with Crippen molar-refractivity contribution in [2.75, 3.05) is 26.3 Å². The van der Waals surface area contributed by atoms with Crippen LogP contribution >= 0.6 is 0 Å². The van der Waals surface area contributed by atoms with Gasteiger partial charge in [0, 0.05) is 24.5 Å². The Labute approximate surface area is 170 Å². The molecule has 0 spiro atoms. The van der Waals surface area contributed by atoms with E-state index in [0.717, 1.165) is 36.0 Å². The lowest BCUT2D eigenvalue weighted by molar-refractivity contribution is 0.0327. The first kappa shape index (κ1) is 18.9. The third-order valence-electron chi connectivity index (χ3n) is 5.53. The molecule has 4 aromatic rings.